The maximum Gasteiger partial charge on any atom is 0.191 e. The molecule has 0 bridgehead atoms. The number of nitrogens with one attached hydrogen (secondary N) is 2. The van der Waals surface area contributed by atoms with Crippen molar-refractivity contribution in [2.75, 3.05) is 58.9 Å². The van der Waals surface area contributed by atoms with Crippen LogP contribution in [0.15, 0.2) is 4.99 Å². The van der Waals surface area contributed by atoms with Crippen molar-refractivity contribution in [3.05, 3.63) is 0 Å². The van der Waals surface area contributed by atoms with Crippen molar-refractivity contribution < 1.29 is 0 Å². The summed E-state index contributed by atoms with van der Waals surface area (Å²) in [6.07, 6.45) is 2.41. The summed E-state index contributed by atoms with van der Waals surface area (Å²) in [7, 11) is 0. The summed E-state index contributed by atoms with van der Waals surface area (Å²) in [5.41, 5.74) is 0. The van der Waals surface area contributed by atoms with Crippen LogP contribution in [0.4, 0.5) is 0 Å². The number of likely N-dealkylation sites (N-methyl/N-ethyl adjacent to an activating group) is 1. The molecular weight excluding hydrogens is 274 g/mol. The van der Waals surface area contributed by atoms with Crippen LogP contribution in [-0.4, -0.2) is 74.7 Å². The van der Waals surface area contributed by atoms with Crippen LogP contribution in [-0.2, 0) is 0 Å². The Morgan fingerprint density at radius 2 is 1.73 bits per heavy atom. The molecule has 5 nitrogen and oxygen atoms in total. The zero-order chi connectivity index (χ0) is 16.2. The van der Waals surface area contributed by atoms with Gasteiger partial charge in [-0.25, -0.2) is 0 Å². The fraction of sp³-hybridized carbons (Fsp3) is 0.941. The van der Waals surface area contributed by atoms with E-state index < -0.39 is 0 Å². The average Bonchev–Trinajstić information content (AvgIpc) is 2.53. The first-order valence-electron chi connectivity index (χ1n) is 9.16. The van der Waals surface area contributed by atoms with Gasteiger partial charge in [-0.15, -0.1) is 0 Å². The second kappa shape index (κ2) is 11.7. The van der Waals surface area contributed by atoms with Gasteiger partial charge in [0.15, 0.2) is 5.96 Å². The van der Waals surface area contributed by atoms with E-state index in [4.69, 9.17) is 4.99 Å². The Hall–Kier alpha value is -0.810. The van der Waals surface area contributed by atoms with E-state index >= 15 is 0 Å². The Morgan fingerprint density at radius 1 is 1.05 bits per heavy atom. The molecule has 0 saturated carbocycles. The van der Waals surface area contributed by atoms with Crippen LogP contribution in [0.1, 0.15) is 40.5 Å². The average molecular weight is 312 g/mol. The van der Waals surface area contributed by atoms with E-state index in [9.17, 15) is 0 Å². The first-order chi connectivity index (χ1) is 10.7. The fourth-order valence-electron chi connectivity index (χ4n) is 2.76. The summed E-state index contributed by atoms with van der Waals surface area (Å²) in [6, 6.07) is 0. The Labute approximate surface area is 137 Å². The topological polar surface area (TPSA) is 42.9 Å². The third-order valence-electron chi connectivity index (χ3n) is 4.21. The molecule has 22 heavy (non-hydrogen) atoms. The molecule has 0 aromatic carbocycles. The van der Waals surface area contributed by atoms with Gasteiger partial charge in [0.2, 0.25) is 0 Å². The van der Waals surface area contributed by atoms with Crippen molar-refractivity contribution in [1.29, 1.82) is 0 Å². The predicted octanol–water partition coefficient (Wildman–Crippen LogP) is 1.62. The molecule has 1 rings (SSSR count). The summed E-state index contributed by atoms with van der Waals surface area (Å²) in [5.74, 6) is 1.58. The minimum atomic E-state index is 0.606. The summed E-state index contributed by atoms with van der Waals surface area (Å²) >= 11 is 0. The van der Waals surface area contributed by atoms with E-state index in [-0.39, 0.29) is 0 Å². The molecule has 1 aliphatic rings. The Bertz CT molecular complexity index is 297. The number of guanidine groups is 1. The van der Waals surface area contributed by atoms with Gasteiger partial charge >= 0.3 is 0 Å². The fourth-order valence-corrected chi connectivity index (χ4v) is 2.76. The summed E-state index contributed by atoms with van der Waals surface area (Å²) < 4.78 is 0. The van der Waals surface area contributed by atoms with Crippen LogP contribution >= 0.6 is 0 Å². The number of nitrogens with zero attached hydrogens (tertiary/aromatic N) is 3. The van der Waals surface area contributed by atoms with Crippen LogP contribution in [0.3, 0.4) is 0 Å². The van der Waals surface area contributed by atoms with E-state index in [1.54, 1.807) is 0 Å². The molecule has 0 aromatic heterocycles. The van der Waals surface area contributed by atoms with Crippen LogP contribution < -0.4 is 10.6 Å². The molecule has 0 spiro atoms. The highest BCUT2D eigenvalue weighted by molar-refractivity contribution is 5.79. The van der Waals surface area contributed by atoms with Crippen LogP contribution in [0.25, 0.3) is 0 Å². The van der Waals surface area contributed by atoms with Crippen molar-refractivity contribution in [1.82, 2.24) is 20.4 Å². The lowest BCUT2D eigenvalue weighted by atomic mass is 10.1. The minimum Gasteiger partial charge on any atom is -0.357 e. The third kappa shape index (κ3) is 7.99. The highest BCUT2D eigenvalue weighted by Gasteiger charge is 2.17. The highest BCUT2D eigenvalue weighted by Crippen LogP contribution is 2.06. The van der Waals surface area contributed by atoms with Crippen LogP contribution in [0.2, 0.25) is 0 Å². The van der Waals surface area contributed by atoms with E-state index in [0.29, 0.717) is 5.92 Å². The van der Waals surface area contributed by atoms with Gasteiger partial charge in [0.25, 0.3) is 0 Å². The first-order valence-corrected chi connectivity index (χ1v) is 9.16. The third-order valence-corrected chi connectivity index (χ3v) is 4.21. The predicted molar refractivity (Wildman–Crippen MR) is 96.6 cm³/mol. The Morgan fingerprint density at radius 3 is 2.32 bits per heavy atom. The molecule has 0 amide bonds. The molecule has 0 aromatic rings. The largest absolute Gasteiger partial charge is 0.357 e. The molecular formula is C17H37N5. The second-order valence-corrected chi connectivity index (χ2v) is 6.34. The van der Waals surface area contributed by atoms with Gasteiger partial charge in [-0.1, -0.05) is 27.2 Å². The first kappa shape index (κ1) is 19.2. The maximum absolute atomic E-state index is 4.74. The van der Waals surface area contributed by atoms with Crippen LogP contribution in [0, 0.1) is 5.92 Å². The maximum atomic E-state index is 4.74. The van der Waals surface area contributed by atoms with Crippen molar-refractivity contribution in [3.63, 3.8) is 0 Å². The normalized spacial score (nSPS) is 19.2. The van der Waals surface area contributed by atoms with Gasteiger partial charge in [-0.05, 0) is 25.8 Å². The monoisotopic (exact) mass is 311 g/mol. The lowest BCUT2D eigenvalue weighted by molar-refractivity contribution is 0.125. The quantitative estimate of drug-likeness (QED) is 0.386. The minimum absolute atomic E-state index is 0.606. The van der Waals surface area contributed by atoms with Gasteiger partial charge in [0.05, 0.1) is 0 Å². The summed E-state index contributed by atoms with van der Waals surface area (Å²) in [6.45, 7) is 18.9. The van der Waals surface area contributed by atoms with Crippen LogP contribution in [0.5, 0.6) is 0 Å². The number of rotatable bonds is 9. The number of hydrogen-bond donors (Lipinski definition) is 2. The highest BCUT2D eigenvalue weighted by atomic mass is 15.3. The molecule has 0 radical (unpaired) electrons. The molecule has 0 aliphatic carbocycles. The van der Waals surface area contributed by atoms with Gasteiger partial charge in [0, 0.05) is 52.4 Å². The standard InChI is InChI=1S/C17H37N5/c1-5-8-9-19-17(18-6-2)20-14-16(4)15-22-12-10-21(7-3)11-13-22/h16H,5-15H2,1-4H3,(H2,18,19,20). The lowest BCUT2D eigenvalue weighted by Crippen LogP contribution is -2.47. The van der Waals surface area contributed by atoms with Gasteiger partial charge < -0.3 is 20.4 Å². The zero-order valence-corrected chi connectivity index (χ0v) is 15.2. The molecule has 5 heteroatoms. The van der Waals surface area contributed by atoms with Gasteiger partial charge in [-0.3, -0.25) is 4.99 Å². The molecule has 1 saturated heterocycles. The summed E-state index contributed by atoms with van der Waals surface area (Å²) in [5, 5.41) is 6.75. The molecule has 1 unspecified atom stereocenters. The number of piperazine rings is 1. The number of unbranched alkanes of at least 4 members (excludes halogenated alkanes) is 1. The van der Waals surface area contributed by atoms with E-state index in [2.05, 4.69) is 48.1 Å². The molecule has 2 N–H and O–H groups in total. The smallest absolute Gasteiger partial charge is 0.191 e. The number of hydrogen-bond acceptors (Lipinski definition) is 3. The summed E-state index contributed by atoms with van der Waals surface area (Å²) in [4.78, 5) is 9.85. The van der Waals surface area contributed by atoms with Crippen molar-refractivity contribution >= 4 is 5.96 Å². The van der Waals surface area contributed by atoms with E-state index in [1.807, 2.05) is 0 Å². The van der Waals surface area contributed by atoms with Crippen molar-refractivity contribution in [3.8, 4) is 0 Å². The van der Waals surface area contributed by atoms with Crippen molar-refractivity contribution in [2.24, 2.45) is 10.9 Å². The van der Waals surface area contributed by atoms with Gasteiger partial charge in [0.1, 0.15) is 0 Å². The molecule has 130 valence electrons. The molecule has 1 heterocycles. The lowest BCUT2D eigenvalue weighted by Gasteiger charge is -2.35. The SMILES string of the molecule is CCCCNC(=NCC(C)CN1CCN(CC)CC1)NCC. The molecule has 1 fully saturated rings. The number of aliphatic imine (C=N–C) groups is 1. The zero-order valence-electron chi connectivity index (χ0n) is 15.2. The Balaban J connectivity index is 2.29. The Kier molecular flexibility index (Phi) is 10.2. The molecule has 1 atom stereocenters. The van der Waals surface area contributed by atoms with E-state index in [1.165, 1.54) is 45.6 Å². The molecule has 1 aliphatic heterocycles. The van der Waals surface area contributed by atoms with Gasteiger partial charge in [-0.2, -0.15) is 0 Å². The second-order valence-electron chi connectivity index (χ2n) is 6.34. The van der Waals surface area contributed by atoms with Crippen molar-refractivity contribution in [2.45, 2.75) is 40.5 Å². The van der Waals surface area contributed by atoms with E-state index in [0.717, 1.165) is 32.1 Å².